The molecule has 2 fully saturated rings. The minimum Gasteiger partial charge on any atom is -0.453 e. The summed E-state index contributed by atoms with van der Waals surface area (Å²) in [6.07, 6.45) is -1.05. The van der Waals surface area contributed by atoms with Crippen molar-refractivity contribution in [2.75, 3.05) is 12.3 Å². The van der Waals surface area contributed by atoms with Gasteiger partial charge in [0.1, 0.15) is 24.1 Å². The second-order valence-corrected chi connectivity index (χ2v) is 6.53. The van der Waals surface area contributed by atoms with Gasteiger partial charge in [-0.05, 0) is 29.8 Å². The third-order valence-electron chi connectivity index (χ3n) is 4.78. The van der Waals surface area contributed by atoms with Gasteiger partial charge in [0.05, 0.1) is 11.6 Å². The summed E-state index contributed by atoms with van der Waals surface area (Å²) in [6.45, 7) is 5.04. The van der Waals surface area contributed by atoms with Crippen molar-refractivity contribution in [3.63, 3.8) is 0 Å². The molecule has 3 heterocycles. The van der Waals surface area contributed by atoms with E-state index in [1.807, 2.05) is 0 Å². The van der Waals surface area contributed by atoms with E-state index in [-0.39, 0.29) is 11.7 Å². The van der Waals surface area contributed by atoms with Crippen LogP contribution in [0.1, 0.15) is 24.6 Å². The van der Waals surface area contributed by atoms with E-state index in [1.54, 1.807) is 12.1 Å². The monoisotopic (exact) mass is 360 g/mol. The van der Waals surface area contributed by atoms with Crippen LogP contribution in [0.3, 0.4) is 0 Å². The molecule has 2 aromatic rings. The Bertz CT molecular complexity index is 904. The van der Waals surface area contributed by atoms with Crippen molar-refractivity contribution in [3.05, 3.63) is 29.0 Å². The number of aliphatic hydroxyl groups is 2. The van der Waals surface area contributed by atoms with Crippen molar-refractivity contribution in [1.29, 1.82) is 0 Å². The van der Waals surface area contributed by atoms with Crippen LogP contribution >= 0.6 is 0 Å². The number of nitrogen functional groups attached to an aromatic ring is 1. The van der Waals surface area contributed by atoms with Gasteiger partial charge in [-0.1, -0.05) is 0 Å². The van der Waals surface area contributed by atoms with Crippen LogP contribution < -0.4 is 5.73 Å². The maximum Gasteiger partial charge on any atom is 0.447 e. The number of nitrogens with zero attached hydrogens (tertiary/aromatic N) is 4. The first-order valence-corrected chi connectivity index (χ1v) is 8.17. The summed E-state index contributed by atoms with van der Waals surface area (Å²) < 4.78 is 12.4. The number of carbonyl (C=O) groups excluding carboxylic acids is 1. The lowest BCUT2D eigenvalue weighted by Gasteiger charge is -2.15. The van der Waals surface area contributed by atoms with Crippen molar-refractivity contribution in [1.82, 2.24) is 14.6 Å². The molecule has 4 N–H and O–H groups in total. The molecule has 1 saturated heterocycles. The van der Waals surface area contributed by atoms with Gasteiger partial charge in [0.15, 0.2) is 11.9 Å². The van der Waals surface area contributed by atoms with E-state index in [9.17, 15) is 15.0 Å². The normalized spacial score (nSPS) is 31.0. The molecule has 1 aliphatic carbocycles. The number of aromatic nitrogens is 3. The molecular formula is C16H18N5O5+. The zero-order valence-corrected chi connectivity index (χ0v) is 13.7. The van der Waals surface area contributed by atoms with Gasteiger partial charge in [0.25, 0.3) is 6.57 Å². The Morgan fingerprint density at radius 2 is 2.27 bits per heavy atom. The van der Waals surface area contributed by atoms with E-state index in [0.717, 1.165) is 12.8 Å². The number of aliphatic hydroxyl groups excluding tert-OH is 2. The molecule has 0 amide bonds. The summed E-state index contributed by atoms with van der Waals surface area (Å²) in [4.78, 5) is 19.3. The molecule has 10 heteroatoms. The van der Waals surface area contributed by atoms with E-state index in [0.29, 0.717) is 11.2 Å². The molecule has 4 rings (SSSR count). The molecule has 2 aromatic heterocycles. The van der Waals surface area contributed by atoms with Crippen LogP contribution in [0, 0.1) is 12.5 Å². The van der Waals surface area contributed by atoms with Crippen molar-refractivity contribution in [2.45, 2.75) is 36.9 Å². The number of hydrogen-bond donors (Lipinski definition) is 3. The Morgan fingerprint density at radius 1 is 1.50 bits per heavy atom. The summed E-state index contributed by atoms with van der Waals surface area (Å²) in [5.41, 5.74) is 4.99. The average Bonchev–Trinajstić information content (AvgIpc) is 3.36. The molecule has 0 bridgehead atoms. The van der Waals surface area contributed by atoms with Crippen LogP contribution in [0.5, 0.6) is 0 Å². The van der Waals surface area contributed by atoms with E-state index < -0.39 is 36.6 Å². The van der Waals surface area contributed by atoms with Crippen LogP contribution in [0.15, 0.2) is 18.5 Å². The summed E-state index contributed by atoms with van der Waals surface area (Å²) in [6, 6.07) is 3.31. The predicted molar refractivity (Wildman–Crippen MR) is 88.0 cm³/mol. The lowest BCUT2D eigenvalue weighted by atomic mass is 10.0. The van der Waals surface area contributed by atoms with Gasteiger partial charge in [0, 0.05) is 0 Å². The molecule has 2 aliphatic rings. The standard InChI is InChI=1S/C16H18N5O5/c1-18-16(6-25-15(24)8-2-3-8)13(23)11(22)12(26-16)9-4-5-10-14(17)19-7-20-21(9)10/h1,4-5,7-8,11-13,22-23H,2-3,6H2,(H2,17,19,20)/q+1/t11-,12-,13-,16+/m0/s1. The molecule has 1 aliphatic heterocycles. The smallest absolute Gasteiger partial charge is 0.447 e. The Hall–Kier alpha value is -2.74. The van der Waals surface area contributed by atoms with Crippen LogP contribution in [-0.4, -0.2) is 55.3 Å². The van der Waals surface area contributed by atoms with Crippen molar-refractivity contribution < 1.29 is 24.5 Å². The highest BCUT2D eigenvalue weighted by Gasteiger charge is 2.65. The quantitative estimate of drug-likeness (QED) is 0.633. The maximum absolute atomic E-state index is 11.8. The Balaban J connectivity index is 1.62. The molecule has 136 valence electrons. The molecule has 10 nitrogen and oxygen atoms in total. The fourth-order valence-electron chi connectivity index (χ4n) is 3.09. The van der Waals surface area contributed by atoms with Crippen molar-refractivity contribution in [3.8, 4) is 6.57 Å². The molecule has 0 unspecified atom stereocenters. The number of hydrogen-bond acceptors (Lipinski definition) is 8. The zero-order valence-electron chi connectivity index (χ0n) is 13.7. The zero-order chi connectivity index (χ0) is 18.5. The second kappa shape index (κ2) is 5.91. The molecule has 0 radical (unpaired) electrons. The molecule has 4 atom stereocenters. The van der Waals surface area contributed by atoms with Gasteiger partial charge in [0.2, 0.25) is 6.61 Å². The highest BCUT2D eigenvalue weighted by Crippen LogP contribution is 2.42. The third kappa shape index (κ3) is 2.48. The summed E-state index contributed by atoms with van der Waals surface area (Å²) in [7, 11) is 0. The molecule has 26 heavy (non-hydrogen) atoms. The second-order valence-electron chi connectivity index (χ2n) is 6.53. The fourth-order valence-corrected chi connectivity index (χ4v) is 3.09. The summed E-state index contributed by atoms with van der Waals surface area (Å²) >= 11 is 0. The van der Waals surface area contributed by atoms with Gasteiger partial charge < -0.3 is 20.7 Å². The van der Waals surface area contributed by atoms with Crippen LogP contribution in [0.25, 0.3) is 10.4 Å². The predicted octanol–water partition coefficient (Wildman–Crippen LogP) is -0.283. The van der Waals surface area contributed by atoms with E-state index in [1.165, 1.54) is 10.8 Å². The fraction of sp³-hybridized carbons (Fsp3) is 0.500. The Morgan fingerprint density at radius 3 is 2.96 bits per heavy atom. The van der Waals surface area contributed by atoms with Gasteiger partial charge >= 0.3 is 11.7 Å². The number of rotatable bonds is 4. The highest BCUT2D eigenvalue weighted by molar-refractivity contribution is 5.75. The number of carbonyl (C=O) groups is 1. The van der Waals surface area contributed by atoms with Gasteiger partial charge in [-0.3, -0.25) is 9.53 Å². The lowest BCUT2D eigenvalue weighted by Crippen LogP contribution is -2.44. The minimum atomic E-state index is -1.77. The molecular weight excluding hydrogens is 342 g/mol. The number of ether oxygens (including phenoxy) is 2. The van der Waals surface area contributed by atoms with Gasteiger partial charge in [-0.25, -0.2) is 9.50 Å². The van der Waals surface area contributed by atoms with E-state index >= 15 is 0 Å². The SMILES string of the molecule is C#[N+][C@]1(COC(=O)C2CC2)O[C@@H](c2ccc3c(N)ncnn23)[C@H](O)[C@@H]1O. The van der Waals surface area contributed by atoms with E-state index in [4.69, 9.17) is 21.8 Å². The first-order chi connectivity index (χ1) is 12.5. The average molecular weight is 360 g/mol. The topological polar surface area (TPSA) is 137 Å². The van der Waals surface area contributed by atoms with Crippen molar-refractivity contribution >= 4 is 17.3 Å². The summed E-state index contributed by atoms with van der Waals surface area (Å²) in [5, 5.41) is 25.0. The first kappa shape index (κ1) is 16.7. The largest absolute Gasteiger partial charge is 0.453 e. The molecule has 0 aromatic carbocycles. The van der Waals surface area contributed by atoms with Crippen LogP contribution in [0.4, 0.5) is 5.82 Å². The summed E-state index contributed by atoms with van der Waals surface area (Å²) in [5.74, 6) is -0.263. The number of anilines is 1. The number of esters is 1. The van der Waals surface area contributed by atoms with E-state index in [2.05, 4.69) is 14.9 Å². The maximum atomic E-state index is 11.8. The third-order valence-corrected chi connectivity index (χ3v) is 4.78. The first-order valence-electron chi connectivity index (χ1n) is 8.17. The number of fused-ring (bicyclic) bond motifs is 1. The van der Waals surface area contributed by atoms with Gasteiger partial charge in [-0.2, -0.15) is 5.10 Å². The lowest BCUT2D eigenvalue weighted by molar-refractivity contribution is -0.157. The highest BCUT2D eigenvalue weighted by atomic mass is 16.6. The molecule has 1 saturated carbocycles. The molecule has 0 spiro atoms. The van der Waals surface area contributed by atoms with Gasteiger partial charge in [-0.15, -0.1) is 0 Å². The Labute approximate surface area is 148 Å². The minimum absolute atomic E-state index is 0.127. The Kier molecular flexibility index (Phi) is 3.80. The van der Waals surface area contributed by atoms with Crippen LogP contribution in [-0.2, 0) is 14.3 Å². The number of nitrogens with two attached hydrogens (primary N) is 1. The van der Waals surface area contributed by atoms with Crippen molar-refractivity contribution in [2.24, 2.45) is 5.92 Å². The van der Waals surface area contributed by atoms with Crippen LogP contribution in [0.2, 0.25) is 0 Å².